The van der Waals surface area contributed by atoms with Crippen LogP contribution in [0.25, 0.3) is 0 Å². The Labute approximate surface area is 141 Å². The minimum atomic E-state index is -1.15. The number of benzene rings is 2. The second-order valence-corrected chi connectivity index (χ2v) is 6.10. The Balaban J connectivity index is 2.24. The SMILES string of the molecule is CC(C)=CCN1NC(=O)C(=O)C1(c1ccccc1)c1ccccc1. The Bertz CT molecular complexity index is 738. The third-order valence-corrected chi connectivity index (χ3v) is 4.24. The summed E-state index contributed by atoms with van der Waals surface area (Å²) in [6, 6.07) is 18.9. The Kier molecular flexibility index (Phi) is 4.32. The van der Waals surface area contributed by atoms with Crippen molar-refractivity contribution in [2.45, 2.75) is 19.4 Å². The largest absolute Gasteiger partial charge is 0.304 e. The van der Waals surface area contributed by atoms with Crippen LogP contribution in [0, 0.1) is 0 Å². The number of nitrogens with zero attached hydrogens (tertiary/aromatic N) is 1. The third-order valence-electron chi connectivity index (χ3n) is 4.24. The molecule has 4 heteroatoms. The highest BCUT2D eigenvalue weighted by molar-refractivity contribution is 6.42. The van der Waals surface area contributed by atoms with Gasteiger partial charge in [0.25, 0.3) is 5.78 Å². The number of Topliss-reactive ketones (excluding diaryl/α,β-unsaturated/α-hetero) is 1. The van der Waals surface area contributed by atoms with Crippen LogP contribution < -0.4 is 5.43 Å². The number of hydrazine groups is 1. The van der Waals surface area contributed by atoms with Crippen molar-refractivity contribution in [1.29, 1.82) is 0 Å². The Hall–Kier alpha value is -2.72. The molecular weight excluding hydrogens is 300 g/mol. The molecule has 1 heterocycles. The number of hydrogen-bond acceptors (Lipinski definition) is 3. The smallest absolute Gasteiger partial charge is 0.286 e. The second kappa shape index (κ2) is 6.42. The van der Waals surface area contributed by atoms with Gasteiger partial charge in [0.05, 0.1) is 0 Å². The van der Waals surface area contributed by atoms with Gasteiger partial charge in [0.2, 0.25) is 0 Å². The highest BCUT2D eigenvalue weighted by Crippen LogP contribution is 2.39. The quantitative estimate of drug-likeness (QED) is 0.696. The molecule has 0 bridgehead atoms. The van der Waals surface area contributed by atoms with Crippen LogP contribution in [0.15, 0.2) is 72.3 Å². The molecule has 0 spiro atoms. The van der Waals surface area contributed by atoms with Gasteiger partial charge in [-0.2, -0.15) is 5.01 Å². The molecule has 0 saturated carbocycles. The fraction of sp³-hybridized carbons (Fsp3) is 0.200. The molecule has 122 valence electrons. The zero-order chi connectivity index (χ0) is 17.2. The van der Waals surface area contributed by atoms with Crippen LogP contribution in [0.5, 0.6) is 0 Å². The van der Waals surface area contributed by atoms with Crippen LogP contribution >= 0.6 is 0 Å². The summed E-state index contributed by atoms with van der Waals surface area (Å²) in [4.78, 5) is 25.3. The van der Waals surface area contributed by atoms with Crippen LogP contribution in [0.4, 0.5) is 0 Å². The standard InChI is InChI=1S/C20H20N2O2/c1-15(2)13-14-22-20(18(23)19(24)21-22,16-9-5-3-6-10-16)17-11-7-4-8-12-17/h3-13H,14H2,1-2H3,(H,21,24). The maximum atomic E-state index is 13.0. The summed E-state index contributed by atoms with van der Waals surface area (Å²) in [6.07, 6.45) is 2.00. The molecule has 1 saturated heterocycles. The van der Waals surface area contributed by atoms with Crippen LogP contribution in [0.3, 0.4) is 0 Å². The first-order chi connectivity index (χ1) is 11.6. The molecule has 24 heavy (non-hydrogen) atoms. The number of ketones is 1. The first kappa shape index (κ1) is 16.1. The molecule has 0 aliphatic carbocycles. The first-order valence-corrected chi connectivity index (χ1v) is 7.94. The van der Waals surface area contributed by atoms with Crippen LogP contribution in [0.1, 0.15) is 25.0 Å². The van der Waals surface area contributed by atoms with E-state index in [4.69, 9.17) is 0 Å². The maximum Gasteiger partial charge on any atom is 0.304 e. The van der Waals surface area contributed by atoms with Gasteiger partial charge < -0.3 is 0 Å². The number of carbonyl (C=O) groups excluding carboxylic acids is 2. The van der Waals surface area contributed by atoms with E-state index in [1.165, 1.54) is 0 Å². The van der Waals surface area contributed by atoms with E-state index in [-0.39, 0.29) is 0 Å². The van der Waals surface area contributed by atoms with E-state index in [9.17, 15) is 9.59 Å². The molecule has 0 unspecified atom stereocenters. The molecule has 1 aliphatic rings. The Morgan fingerprint density at radius 3 is 1.92 bits per heavy atom. The number of nitrogens with one attached hydrogen (secondary N) is 1. The summed E-state index contributed by atoms with van der Waals surface area (Å²) < 4.78 is 0. The molecule has 0 atom stereocenters. The topological polar surface area (TPSA) is 49.4 Å². The lowest BCUT2D eigenvalue weighted by molar-refractivity contribution is -0.136. The molecule has 2 aromatic carbocycles. The summed E-state index contributed by atoms with van der Waals surface area (Å²) in [5.74, 6) is -1.04. The van der Waals surface area contributed by atoms with Gasteiger partial charge in [0.1, 0.15) is 0 Å². The van der Waals surface area contributed by atoms with Crippen molar-refractivity contribution in [2.75, 3.05) is 6.54 Å². The minimum absolute atomic E-state index is 0.448. The molecule has 0 aromatic heterocycles. The fourth-order valence-electron chi connectivity index (χ4n) is 3.10. The lowest BCUT2D eigenvalue weighted by atomic mass is 9.79. The van der Waals surface area contributed by atoms with Crippen molar-refractivity contribution in [3.8, 4) is 0 Å². The predicted molar refractivity (Wildman–Crippen MR) is 93.0 cm³/mol. The van der Waals surface area contributed by atoms with Crippen molar-refractivity contribution < 1.29 is 9.59 Å². The van der Waals surface area contributed by atoms with E-state index in [0.717, 1.165) is 16.7 Å². The molecule has 0 radical (unpaired) electrons. The van der Waals surface area contributed by atoms with Gasteiger partial charge in [-0.1, -0.05) is 72.3 Å². The van der Waals surface area contributed by atoms with Crippen molar-refractivity contribution in [3.63, 3.8) is 0 Å². The van der Waals surface area contributed by atoms with E-state index in [1.54, 1.807) is 5.01 Å². The van der Waals surface area contributed by atoms with Crippen LogP contribution in [-0.2, 0) is 15.1 Å². The van der Waals surface area contributed by atoms with Gasteiger partial charge in [-0.25, -0.2) is 0 Å². The molecule has 1 N–H and O–H groups in total. The van der Waals surface area contributed by atoms with Gasteiger partial charge in [-0.15, -0.1) is 0 Å². The summed E-state index contributed by atoms with van der Waals surface area (Å²) in [5.41, 5.74) is 4.28. The van der Waals surface area contributed by atoms with E-state index < -0.39 is 17.2 Å². The highest BCUT2D eigenvalue weighted by atomic mass is 16.2. The average Bonchev–Trinajstić information content (AvgIpc) is 2.86. The Morgan fingerprint density at radius 2 is 1.46 bits per heavy atom. The average molecular weight is 320 g/mol. The van der Waals surface area contributed by atoms with Gasteiger partial charge in [-0.3, -0.25) is 15.0 Å². The first-order valence-electron chi connectivity index (χ1n) is 7.94. The summed E-state index contributed by atoms with van der Waals surface area (Å²) in [6.45, 7) is 4.43. The monoisotopic (exact) mass is 320 g/mol. The van der Waals surface area contributed by atoms with E-state index >= 15 is 0 Å². The molecule has 1 aliphatic heterocycles. The van der Waals surface area contributed by atoms with Crippen LogP contribution in [0.2, 0.25) is 0 Å². The minimum Gasteiger partial charge on any atom is -0.286 e. The zero-order valence-electron chi connectivity index (χ0n) is 13.8. The van der Waals surface area contributed by atoms with Gasteiger partial charge >= 0.3 is 5.91 Å². The molecule has 2 aromatic rings. The zero-order valence-corrected chi connectivity index (χ0v) is 13.8. The predicted octanol–water partition coefficient (Wildman–Crippen LogP) is 2.81. The van der Waals surface area contributed by atoms with Crippen molar-refractivity contribution in [3.05, 3.63) is 83.4 Å². The van der Waals surface area contributed by atoms with Crippen molar-refractivity contribution in [1.82, 2.24) is 10.4 Å². The number of amides is 1. The number of hydrogen-bond donors (Lipinski definition) is 1. The fourth-order valence-corrected chi connectivity index (χ4v) is 3.10. The van der Waals surface area contributed by atoms with E-state index in [2.05, 4.69) is 5.43 Å². The highest BCUT2D eigenvalue weighted by Gasteiger charge is 2.55. The molecule has 1 fully saturated rings. The van der Waals surface area contributed by atoms with E-state index in [1.807, 2.05) is 80.6 Å². The number of carbonyl (C=O) groups is 2. The molecular formula is C20H20N2O2. The number of rotatable bonds is 4. The normalized spacial score (nSPS) is 16.8. The van der Waals surface area contributed by atoms with Gasteiger partial charge in [0, 0.05) is 6.54 Å². The Morgan fingerprint density at radius 1 is 0.958 bits per heavy atom. The summed E-state index contributed by atoms with van der Waals surface area (Å²) >= 11 is 0. The maximum absolute atomic E-state index is 13.0. The summed E-state index contributed by atoms with van der Waals surface area (Å²) in [5, 5.41) is 1.73. The lowest BCUT2D eigenvalue weighted by Crippen LogP contribution is -2.49. The molecule has 3 rings (SSSR count). The van der Waals surface area contributed by atoms with Crippen LogP contribution in [-0.4, -0.2) is 23.2 Å². The van der Waals surface area contributed by atoms with Gasteiger partial charge in [0.15, 0.2) is 5.54 Å². The molecule has 1 amide bonds. The van der Waals surface area contributed by atoms with Crippen molar-refractivity contribution in [2.24, 2.45) is 0 Å². The number of allylic oxidation sites excluding steroid dienone is 1. The second-order valence-electron chi connectivity index (χ2n) is 6.10. The summed E-state index contributed by atoms with van der Waals surface area (Å²) in [7, 11) is 0. The molecule has 4 nitrogen and oxygen atoms in total. The van der Waals surface area contributed by atoms with E-state index in [0.29, 0.717) is 6.54 Å². The lowest BCUT2D eigenvalue weighted by Gasteiger charge is -2.35. The van der Waals surface area contributed by atoms with Crippen molar-refractivity contribution >= 4 is 11.7 Å². The van der Waals surface area contributed by atoms with Gasteiger partial charge in [-0.05, 0) is 25.0 Å². The third kappa shape index (κ3) is 2.55.